The molecule has 1 atom stereocenters. The summed E-state index contributed by atoms with van der Waals surface area (Å²) in [6.45, 7) is 2.77. The fraction of sp³-hybridized carbons (Fsp3) is 0.353. The summed E-state index contributed by atoms with van der Waals surface area (Å²) in [7, 11) is 0. The molecule has 24 heavy (non-hydrogen) atoms. The Kier molecular flexibility index (Phi) is 5.27. The Labute approximate surface area is 145 Å². The number of nitrogens with zero attached hydrogens (tertiary/aromatic N) is 3. The molecule has 3 rings (SSSR count). The molecule has 1 fully saturated rings. The second kappa shape index (κ2) is 7.59. The topological polar surface area (TPSA) is 78.3 Å². The number of aromatic carboxylic acids is 1. The highest BCUT2D eigenvalue weighted by Crippen LogP contribution is 2.27. The number of benzene rings is 1. The van der Waals surface area contributed by atoms with Crippen LogP contribution in [0.25, 0.3) is 0 Å². The Morgan fingerprint density at radius 2 is 2.08 bits per heavy atom. The summed E-state index contributed by atoms with van der Waals surface area (Å²) < 4.78 is 0. The van der Waals surface area contributed by atoms with Crippen LogP contribution < -0.4 is 5.32 Å². The van der Waals surface area contributed by atoms with E-state index in [9.17, 15) is 4.79 Å². The molecule has 6 nitrogen and oxygen atoms in total. The number of nitrogens with one attached hydrogen (secondary N) is 1. The third-order valence-corrected chi connectivity index (χ3v) is 4.40. The van der Waals surface area contributed by atoms with Gasteiger partial charge in [-0.25, -0.2) is 14.8 Å². The van der Waals surface area contributed by atoms with Crippen molar-refractivity contribution in [2.75, 3.05) is 25.0 Å². The van der Waals surface area contributed by atoms with Crippen molar-refractivity contribution >= 4 is 23.4 Å². The number of hydrogen-bond acceptors (Lipinski definition) is 5. The van der Waals surface area contributed by atoms with Gasteiger partial charge in [0, 0.05) is 11.6 Å². The molecule has 1 aromatic carbocycles. The van der Waals surface area contributed by atoms with Crippen LogP contribution in [0.4, 0.5) is 5.82 Å². The summed E-state index contributed by atoms with van der Waals surface area (Å²) >= 11 is 6.14. The molecule has 0 spiro atoms. The number of rotatable bonds is 6. The van der Waals surface area contributed by atoms with Gasteiger partial charge in [0.05, 0.1) is 18.4 Å². The number of carbonyl (C=O) groups is 1. The van der Waals surface area contributed by atoms with Gasteiger partial charge in [0.2, 0.25) is 0 Å². The Bertz CT molecular complexity index is 702. The molecule has 1 aromatic heterocycles. The van der Waals surface area contributed by atoms with Crippen LogP contribution >= 0.6 is 11.6 Å². The van der Waals surface area contributed by atoms with E-state index in [-0.39, 0.29) is 11.7 Å². The molecule has 1 aliphatic heterocycles. The minimum absolute atomic E-state index is 0.0634. The van der Waals surface area contributed by atoms with Crippen LogP contribution in [0.5, 0.6) is 0 Å². The maximum Gasteiger partial charge on any atom is 0.356 e. The zero-order valence-corrected chi connectivity index (χ0v) is 13.9. The molecule has 126 valence electrons. The lowest BCUT2D eigenvalue weighted by molar-refractivity contribution is 0.0690. The average Bonchev–Trinajstić information content (AvgIpc) is 3.10. The van der Waals surface area contributed by atoms with Crippen LogP contribution in [-0.4, -0.2) is 45.6 Å². The van der Waals surface area contributed by atoms with Crippen LogP contribution in [0.3, 0.4) is 0 Å². The zero-order valence-electron chi connectivity index (χ0n) is 13.2. The van der Waals surface area contributed by atoms with E-state index in [1.54, 1.807) is 0 Å². The van der Waals surface area contributed by atoms with Crippen LogP contribution in [-0.2, 0) is 0 Å². The largest absolute Gasteiger partial charge is 0.476 e. The van der Waals surface area contributed by atoms with Crippen molar-refractivity contribution in [3.63, 3.8) is 0 Å². The Morgan fingerprint density at radius 1 is 1.29 bits per heavy atom. The van der Waals surface area contributed by atoms with E-state index in [0.717, 1.165) is 23.7 Å². The van der Waals surface area contributed by atoms with Crippen molar-refractivity contribution in [2.24, 2.45) is 0 Å². The van der Waals surface area contributed by atoms with Crippen LogP contribution in [0.1, 0.15) is 34.9 Å². The molecule has 1 saturated heterocycles. The minimum atomic E-state index is -1.08. The first-order chi connectivity index (χ1) is 11.6. The third-order valence-electron chi connectivity index (χ3n) is 4.16. The predicted molar refractivity (Wildman–Crippen MR) is 92.5 cm³/mol. The number of anilines is 1. The van der Waals surface area contributed by atoms with Crippen molar-refractivity contribution < 1.29 is 9.90 Å². The number of halogens is 1. The SMILES string of the molecule is O=C(O)c1cnc(NCC(c2cccc(Cl)c2)N2CCCC2)cn1. The highest BCUT2D eigenvalue weighted by atomic mass is 35.5. The smallest absolute Gasteiger partial charge is 0.356 e. The zero-order chi connectivity index (χ0) is 16.9. The summed E-state index contributed by atoms with van der Waals surface area (Å²) in [6, 6.07) is 8.09. The van der Waals surface area contributed by atoms with Gasteiger partial charge in [0.25, 0.3) is 0 Å². The second-order valence-corrected chi connectivity index (χ2v) is 6.22. The van der Waals surface area contributed by atoms with E-state index in [2.05, 4.69) is 26.3 Å². The maximum atomic E-state index is 10.8. The van der Waals surface area contributed by atoms with Gasteiger partial charge in [0.15, 0.2) is 5.69 Å². The monoisotopic (exact) mass is 346 g/mol. The van der Waals surface area contributed by atoms with E-state index in [4.69, 9.17) is 16.7 Å². The molecule has 0 radical (unpaired) electrons. The van der Waals surface area contributed by atoms with E-state index in [0.29, 0.717) is 12.4 Å². The van der Waals surface area contributed by atoms with Crippen molar-refractivity contribution in [3.8, 4) is 0 Å². The van der Waals surface area contributed by atoms with Crippen LogP contribution in [0.15, 0.2) is 36.7 Å². The van der Waals surface area contributed by atoms with Gasteiger partial charge in [-0.1, -0.05) is 23.7 Å². The number of aromatic nitrogens is 2. The molecular weight excluding hydrogens is 328 g/mol. The van der Waals surface area contributed by atoms with Crippen LogP contribution in [0.2, 0.25) is 5.02 Å². The fourth-order valence-corrected chi connectivity index (χ4v) is 3.15. The van der Waals surface area contributed by atoms with Gasteiger partial charge in [-0.2, -0.15) is 0 Å². The molecule has 0 bridgehead atoms. The van der Waals surface area contributed by atoms with Crippen molar-refractivity contribution in [1.29, 1.82) is 0 Å². The molecule has 1 unspecified atom stereocenters. The lowest BCUT2D eigenvalue weighted by Gasteiger charge is -2.28. The first kappa shape index (κ1) is 16.7. The van der Waals surface area contributed by atoms with Crippen molar-refractivity contribution in [1.82, 2.24) is 14.9 Å². The Morgan fingerprint density at radius 3 is 2.71 bits per heavy atom. The first-order valence-corrected chi connectivity index (χ1v) is 8.30. The summed E-state index contributed by atoms with van der Waals surface area (Å²) in [4.78, 5) is 21.2. The summed E-state index contributed by atoms with van der Waals surface area (Å²) in [5.41, 5.74) is 1.10. The third kappa shape index (κ3) is 4.01. The number of likely N-dealkylation sites (tertiary alicyclic amines) is 1. The molecule has 0 amide bonds. The molecule has 2 heterocycles. The summed E-state index contributed by atoms with van der Waals surface area (Å²) in [5, 5.41) is 12.8. The lowest BCUT2D eigenvalue weighted by atomic mass is 10.1. The second-order valence-electron chi connectivity index (χ2n) is 5.79. The van der Waals surface area contributed by atoms with Crippen molar-refractivity contribution in [3.05, 3.63) is 52.9 Å². The Balaban J connectivity index is 1.73. The van der Waals surface area contributed by atoms with Gasteiger partial charge < -0.3 is 10.4 Å². The molecule has 7 heteroatoms. The van der Waals surface area contributed by atoms with E-state index < -0.39 is 5.97 Å². The Hall–Kier alpha value is -2.18. The van der Waals surface area contributed by atoms with E-state index in [1.165, 1.54) is 25.2 Å². The molecule has 0 saturated carbocycles. The van der Waals surface area contributed by atoms with Gasteiger partial charge in [-0.3, -0.25) is 4.90 Å². The highest BCUT2D eigenvalue weighted by molar-refractivity contribution is 6.30. The standard InChI is InChI=1S/C17H19ClN4O2/c18-13-5-3-4-12(8-13)15(22-6-1-2-7-22)10-21-16-11-19-14(9-20-16)17(23)24/h3-5,8-9,11,15H,1-2,6-7,10H2,(H,20,21)(H,23,24). The average molecular weight is 347 g/mol. The normalized spacial score (nSPS) is 16.0. The van der Waals surface area contributed by atoms with Gasteiger partial charge in [-0.15, -0.1) is 0 Å². The molecule has 1 aliphatic rings. The first-order valence-electron chi connectivity index (χ1n) is 7.92. The number of hydrogen-bond donors (Lipinski definition) is 2. The van der Waals surface area contributed by atoms with Crippen molar-refractivity contribution in [2.45, 2.75) is 18.9 Å². The highest BCUT2D eigenvalue weighted by Gasteiger charge is 2.23. The van der Waals surface area contributed by atoms with Gasteiger partial charge in [-0.05, 0) is 43.6 Å². The summed E-state index contributed by atoms with van der Waals surface area (Å²) in [5.74, 6) is -0.519. The van der Waals surface area contributed by atoms with E-state index >= 15 is 0 Å². The lowest BCUT2D eigenvalue weighted by Crippen LogP contribution is -2.31. The van der Waals surface area contributed by atoms with Gasteiger partial charge >= 0.3 is 5.97 Å². The summed E-state index contributed by atoms with van der Waals surface area (Å²) in [6.07, 6.45) is 5.10. The van der Waals surface area contributed by atoms with Gasteiger partial charge in [0.1, 0.15) is 5.82 Å². The molecule has 0 aliphatic carbocycles. The molecule has 2 aromatic rings. The van der Waals surface area contributed by atoms with Crippen LogP contribution in [0, 0.1) is 0 Å². The predicted octanol–water partition coefficient (Wildman–Crippen LogP) is 3.08. The quantitative estimate of drug-likeness (QED) is 0.837. The molecular formula is C17H19ClN4O2. The minimum Gasteiger partial charge on any atom is -0.476 e. The van der Waals surface area contributed by atoms with E-state index in [1.807, 2.05) is 18.2 Å². The molecule has 2 N–H and O–H groups in total. The number of carboxylic acid groups (broad SMARTS) is 1. The fourth-order valence-electron chi connectivity index (χ4n) is 2.96. The maximum absolute atomic E-state index is 10.8. The number of carboxylic acids is 1.